The third kappa shape index (κ3) is 2.01. The second-order valence-electron chi connectivity index (χ2n) is 2.85. The number of aromatic nitrogens is 2. The zero-order valence-electron chi connectivity index (χ0n) is 7.31. The quantitative estimate of drug-likeness (QED) is 0.649. The molecule has 0 aliphatic heterocycles. The summed E-state index contributed by atoms with van der Waals surface area (Å²) in [6, 6.07) is 7.58. The topological polar surface area (TPSA) is 51.8 Å². The Morgan fingerprint density at radius 1 is 1.07 bits per heavy atom. The highest BCUT2D eigenvalue weighted by Crippen LogP contribution is 2.20. The van der Waals surface area contributed by atoms with Crippen LogP contribution in [0.5, 0.6) is 0 Å². The molecular weight excluding hydrogens is 289 g/mol. The van der Waals surface area contributed by atoms with E-state index in [0.29, 0.717) is 5.82 Å². The number of anilines is 1. The highest BCUT2D eigenvalue weighted by molar-refractivity contribution is 14.1. The first-order valence-electron chi connectivity index (χ1n) is 4.09. The Bertz CT molecular complexity index is 422. The van der Waals surface area contributed by atoms with Crippen molar-refractivity contribution in [2.45, 2.75) is 0 Å². The zero-order valence-corrected chi connectivity index (χ0v) is 9.47. The first-order valence-corrected chi connectivity index (χ1v) is 5.17. The van der Waals surface area contributed by atoms with Crippen LogP contribution in [-0.2, 0) is 0 Å². The lowest BCUT2D eigenvalue weighted by Crippen LogP contribution is -1.91. The molecule has 0 amide bonds. The molecule has 4 heteroatoms. The summed E-state index contributed by atoms with van der Waals surface area (Å²) in [5, 5.41) is 0. The van der Waals surface area contributed by atoms with E-state index in [2.05, 4.69) is 32.6 Å². The molecule has 1 aromatic carbocycles. The molecule has 2 aromatic rings. The van der Waals surface area contributed by atoms with E-state index in [4.69, 9.17) is 5.73 Å². The van der Waals surface area contributed by atoms with Crippen LogP contribution < -0.4 is 5.73 Å². The van der Waals surface area contributed by atoms with Crippen LogP contribution in [0.1, 0.15) is 0 Å². The summed E-state index contributed by atoms with van der Waals surface area (Å²) in [4.78, 5) is 8.32. The molecule has 2 N–H and O–H groups in total. The highest BCUT2D eigenvalue weighted by Gasteiger charge is 2.01. The number of nitrogens with two attached hydrogens (primary N) is 1. The summed E-state index contributed by atoms with van der Waals surface area (Å²) < 4.78 is 1.09. The minimum absolute atomic E-state index is 0.706. The maximum Gasteiger partial charge on any atom is 0.159 e. The summed E-state index contributed by atoms with van der Waals surface area (Å²) in [6.07, 6.45) is 3.44. The monoisotopic (exact) mass is 297 g/mol. The van der Waals surface area contributed by atoms with Crippen LogP contribution in [-0.4, -0.2) is 9.97 Å². The lowest BCUT2D eigenvalue weighted by Gasteiger charge is -2.01. The molecule has 70 valence electrons. The van der Waals surface area contributed by atoms with E-state index >= 15 is 0 Å². The van der Waals surface area contributed by atoms with Crippen molar-refractivity contribution in [2.75, 3.05) is 5.73 Å². The van der Waals surface area contributed by atoms with Gasteiger partial charge in [-0.25, -0.2) is 9.97 Å². The van der Waals surface area contributed by atoms with Crippen molar-refractivity contribution in [3.8, 4) is 11.4 Å². The Labute approximate surface area is 95.5 Å². The Morgan fingerprint density at radius 3 is 2.43 bits per heavy atom. The maximum absolute atomic E-state index is 5.74. The summed E-state index contributed by atoms with van der Waals surface area (Å²) in [5.41, 5.74) is 7.43. The lowest BCUT2D eigenvalue weighted by molar-refractivity contribution is 1.18. The van der Waals surface area contributed by atoms with Gasteiger partial charge >= 0.3 is 0 Å². The van der Waals surface area contributed by atoms with E-state index in [1.54, 1.807) is 18.5 Å². The second-order valence-corrected chi connectivity index (χ2v) is 4.09. The van der Waals surface area contributed by atoms with Crippen molar-refractivity contribution >= 4 is 28.3 Å². The molecule has 0 saturated heterocycles. The second kappa shape index (κ2) is 3.91. The van der Waals surface area contributed by atoms with E-state index in [-0.39, 0.29) is 0 Å². The summed E-state index contributed by atoms with van der Waals surface area (Å²) in [6.45, 7) is 0. The molecule has 0 radical (unpaired) electrons. The SMILES string of the molecule is Nc1cc(I)cc(-c2ncccn2)c1. The van der Waals surface area contributed by atoms with E-state index < -0.39 is 0 Å². The predicted molar refractivity (Wildman–Crippen MR) is 64.6 cm³/mol. The molecule has 1 aromatic heterocycles. The van der Waals surface area contributed by atoms with Gasteiger partial charge in [-0.1, -0.05) is 0 Å². The van der Waals surface area contributed by atoms with Crippen LogP contribution in [0, 0.1) is 3.57 Å². The van der Waals surface area contributed by atoms with E-state index in [1.807, 2.05) is 18.2 Å². The van der Waals surface area contributed by atoms with Crippen LogP contribution in [0.2, 0.25) is 0 Å². The van der Waals surface area contributed by atoms with Gasteiger partial charge in [0, 0.05) is 27.2 Å². The van der Waals surface area contributed by atoms with Gasteiger partial charge in [-0.15, -0.1) is 0 Å². The first-order chi connectivity index (χ1) is 6.75. The summed E-state index contributed by atoms with van der Waals surface area (Å²) in [7, 11) is 0. The summed E-state index contributed by atoms with van der Waals surface area (Å²) >= 11 is 2.22. The van der Waals surface area contributed by atoms with Gasteiger partial charge in [-0.2, -0.15) is 0 Å². The van der Waals surface area contributed by atoms with Crippen molar-refractivity contribution in [3.05, 3.63) is 40.2 Å². The van der Waals surface area contributed by atoms with Gasteiger partial charge in [0.1, 0.15) is 0 Å². The smallest absolute Gasteiger partial charge is 0.159 e. The van der Waals surface area contributed by atoms with Crippen molar-refractivity contribution in [3.63, 3.8) is 0 Å². The number of rotatable bonds is 1. The van der Waals surface area contributed by atoms with Gasteiger partial charge in [0.15, 0.2) is 5.82 Å². The normalized spacial score (nSPS) is 10.1. The Hall–Kier alpha value is -1.17. The van der Waals surface area contributed by atoms with E-state index in [9.17, 15) is 0 Å². The molecule has 3 nitrogen and oxygen atoms in total. The van der Waals surface area contributed by atoms with Crippen LogP contribution in [0.15, 0.2) is 36.7 Å². The van der Waals surface area contributed by atoms with Crippen molar-refractivity contribution in [2.24, 2.45) is 0 Å². The van der Waals surface area contributed by atoms with Gasteiger partial charge in [0.2, 0.25) is 0 Å². The Balaban J connectivity index is 2.52. The first kappa shape index (κ1) is 9.39. The average molecular weight is 297 g/mol. The fourth-order valence-electron chi connectivity index (χ4n) is 1.19. The third-order valence-corrected chi connectivity index (χ3v) is 2.37. The largest absolute Gasteiger partial charge is 0.399 e. The molecule has 0 saturated carbocycles. The minimum Gasteiger partial charge on any atom is -0.399 e. The number of nitrogen functional groups attached to an aromatic ring is 1. The molecule has 14 heavy (non-hydrogen) atoms. The van der Waals surface area contributed by atoms with Gasteiger partial charge in [0.05, 0.1) is 0 Å². The molecule has 2 rings (SSSR count). The van der Waals surface area contributed by atoms with Crippen LogP contribution >= 0.6 is 22.6 Å². The standard InChI is InChI=1S/C10H8IN3/c11-8-4-7(5-9(12)6-8)10-13-2-1-3-14-10/h1-6H,12H2. The van der Waals surface area contributed by atoms with Crippen LogP contribution in [0.3, 0.4) is 0 Å². The zero-order chi connectivity index (χ0) is 9.97. The lowest BCUT2D eigenvalue weighted by atomic mass is 10.2. The van der Waals surface area contributed by atoms with Gasteiger partial charge < -0.3 is 5.73 Å². The molecule has 1 heterocycles. The predicted octanol–water partition coefficient (Wildman–Crippen LogP) is 2.33. The minimum atomic E-state index is 0.706. The molecule has 0 aliphatic carbocycles. The van der Waals surface area contributed by atoms with Crippen LogP contribution in [0.25, 0.3) is 11.4 Å². The molecule has 0 spiro atoms. The fraction of sp³-hybridized carbons (Fsp3) is 0. The number of hydrogen-bond acceptors (Lipinski definition) is 3. The van der Waals surface area contributed by atoms with Crippen molar-refractivity contribution < 1.29 is 0 Å². The maximum atomic E-state index is 5.74. The Kier molecular flexibility index (Phi) is 2.62. The highest BCUT2D eigenvalue weighted by atomic mass is 127. The number of halogens is 1. The van der Waals surface area contributed by atoms with E-state index in [0.717, 1.165) is 14.8 Å². The fourth-order valence-corrected chi connectivity index (χ4v) is 1.88. The number of hydrogen-bond donors (Lipinski definition) is 1. The third-order valence-electron chi connectivity index (χ3n) is 1.74. The summed E-state index contributed by atoms with van der Waals surface area (Å²) in [5.74, 6) is 0.706. The van der Waals surface area contributed by atoms with Crippen LogP contribution in [0.4, 0.5) is 5.69 Å². The molecule has 0 fully saturated rings. The Morgan fingerprint density at radius 2 is 1.79 bits per heavy atom. The van der Waals surface area contributed by atoms with Crippen molar-refractivity contribution in [1.29, 1.82) is 0 Å². The molecule has 0 aliphatic rings. The number of benzene rings is 1. The molecule has 0 atom stereocenters. The van der Waals surface area contributed by atoms with Crippen molar-refractivity contribution in [1.82, 2.24) is 9.97 Å². The molecule has 0 bridgehead atoms. The molecule has 0 unspecified atom stereocenters. The van der Waals surface area contributed by atoms with Gasteiger partial charge in [0.25, 0.3) is 0 Å². The van der Waals surface area contributed by atoms with Gasteiger partial charge in [-0.3, -0.25) is 0 Å². The van der Waals surface area contributed by atoms with Gasteiger partial charge in [-0.05, 0) is 46.9 Å². The average Bonchev–Trinajstić information content (AvgIpc) is 2.18. The molecular formula is C10H8IN3. The number of nitrogens with zero attached hydrogens (tertiary/aromatic N) is 2. The van der Waals surface area contributed by atoms with E-state index in [1.165, 1.54) is 0 Å².